The number of esters is 1. The molecule has 0 spiro atoms. The summed E-state index contributed by atoms with van der Waals surface area (Å²) < 4.78 is 17.3. The van der Waals surface area contributed by atoms with Crippen molar-refractivity contribution < 1.29 is 23.6 Å². The first kappa shape index (κ1) is 17.6. The molecule has 0 atom stereocenters. The maximum atomic E-state index is 11.6. The van der Waals surface area contributed by atoms with Crippen LogP contribution in [0.1, 0.15) is 12.8 Å². The second-order valence-corrected chi connectivity index (χ2v) is 6.46. The standard InChI is InChI=1S/C17H21N3O4S/c1-22-14-5-3-12(4-6-14)15-18-20(17(25)24-15)11-19-9-7-13(8-10-19)16(21)23-2/h3-6,13H,7-11H2,1-2H3/p+1. The number of piperidine rings is 1. The molecular weight excluding hydrogens is 342 g/mol. The smallest absolute Gasteiger partial charge is 0.309 e. The molecule has 134 valence electrons. The number of rotatable bonds is 5. The minimum atomic E-state index is -0.112. The Morgan fingerprint density at radius 3 is 2.60 bits per heavy atom. The fourth-order valence-corrected chi connectivity index (χ4v) is 3.24. The first-order chi connectivity index (χ1) is 12.1. The third kappa shape index (κ3) is 4.08. The van der Waals surface area contributed by atoms with Gasteiger partial charge in [-0.1, -0.05) is 0 Å². The lowest BCUT2D eigenvalue weighted by Crippen LogP contribution is -3.12. The van der Waals surface area contributed by atoms with Gasteiger partial charge in [-0.05, 0) is 36.5 Å². The number of nitrogens with zero attached hydrogens (tertiary/aromatic N) is 2. The maximum Gasteiger partial charge on any atom is 0.309 e. The molecule has 0 amide bonds. The van der Waals surface area contributed by atoms with Gasteiger partial charge in [-0.25, -0.2) is 0 Å². The Balaban J connectivity index is 1.65. The van der Waals surface area contributed by atoms with E-state index in [1.54, 1.807) is 11.8 Å². The van der Waals surface area contributed by atoms with Gasteiger partial charge in [-0.2, -0.15) is 4.68 Å². The maximum absolute atomic E-state index is 11.6. The third-order valence-electron chi connectivity index (χ3n) is 4.54. The minimum absolute atomic E-state index is 0.00823. The van der Waals surface area contributed by atoms with Crippen molar-refractivity contribution in [3.8, 4) is 17.2 Å². The van der Waals surface area contributed by atoms with E-state index in [2.05, 4.69) is 5.10 Å². The van der Waals surface area contributed by atoms with Crippen molar-refractivity contribution in [2.45, 2.75) is 19.5 Å². The van der Waals surface area contributed by atoms with E-state index >= 15 is 0 Å². The zero-order chi connectivity index (χ0) is 17.8. The highest BCUT2D eigenvalue weighted by Crippen LogP contribution is 2.21. The van der Waals surface area contributed by atoms with Crippen molar-refractivity contribution in [3.63, 3.8) is 0 Å². The summed E-state index contributed by atoms with van der Waals surface area (Å²) in [6, 6.07) is 7.49. The number of benzene rings is 1. The molecule has 8 heteroatoms. The van der Waals surface area contributed by atoms with Crippen molar-refractivity contribution in [1.82, 2.24) is 9.78 Å². The first-order valence-electron chi connectivity index (χ1n) is 8.24. The molecule has 0 radical (unpaired) electrons. The van der Waals surface area contributed by atoms with Crippen LogP contribution in [0, 0.1) is 10.8 Å². The fraction of sp³-hybridized carbons (Fsp3) is 0.471. The molecule has 0 bridgehead atoms. The van der Waals surface area contributed by atoms with Gasteiger partial charge in [0.15, 0.2) is 6.67 Å². The molecule has 1 fully saturated rings. The zero-order valence-electron chi connectivity index (χ0n) is 14.4. The number of carbonyl (C=O) groups is 1. The Morgan fingerprint density at radius 2 is 2.00 bits per heavy atom. The van der Waals surface area contributed by atoms with Gasteiger partial charge in [0.25, 0.3) is 4.84 Å². The van der Waals surface area contributed by atoms with Gasteiger partial charge in [-0.15, -0.1) is 5.10 Å². The molecule has 1 aliphatic rings. The molecule has 1 aromatic heterocycles. The topological polar surface area (TPSA) is 70.9 Å². The van der Waals surface area contributed by atoms with Crippen LogP contribution in [-0.2, 0) is 16.2 Å². The number of ether oxygens (including phenoxy) is 2. The molecule has 1 aromatic carbocycles. The Labute approximate surface area is 151 Å². The number of hydrogen-bond acceptors (Lipinski definition) is 6. The molecule has 1 N–H and O–H groups in total. The van der Waals surface area contributed by atoms with Crippen molar-refractivity contribution in [2.75, 3.05) is 27.3 Å². The van der Waals surface area contributed by atoms with Crippen LogP contribution in [-0.4, -0.2) is 43.1 Å². The number of nitrogens with one attached hydrogen (secondary N) is 1. The second kappa shape index (κ2) is 7.79. The van der Waals surface area contributed by atoms with E-state index in [1.807, 2.05) is 24.3 Å². The summed E-state index contributed by atoms with van der Waals surface area (Å²) in [5.41, 5.74) is 0.852. The van der Waals surface area contributed by atoms with Gasteiger partial charge < -0.3 is 18.8 Å². The van der Waals surface area contributed by atoms with Crippen LogP contribution < -0.4 is 9.64 Å². The molecule has 1 saturated heterocycles. The van der Waals surface area contributed by atoms with Crippen molar-refractivity contribution in [3.05, 3.63) is 29.1 Å². The summed E-state index contributed by atoms with van der Waals surface area (Å²) in [6.07, 6.45) is 1.64. The number of likely N-dealkylation sites (tertiary alicyclic amines) is 1. The van der Waals surface area contributed by atoms with Gasteiger partial charge in [0.05, 0.1) is 33.2 Å². The monoisotopic (exact) mass is 364 g/mol. The Morgan fingerprint density at radius 1 is 1.32 bits per heavy atom. The van der Waals surface area contributed by atoms with Crippen LogP contribution >= 0.6 is 12.2 Å². The van der Waals surface area contributed by atoms with E-state index in [9.17, 15) is 4.79 Å². The molecule has 3 rings (SSSR count). The Kier molecular flexibility index (Phi) is 5.50. The normalized spacial score (nSPS) is 20.2. The lowest BCUT2D eigenvalue weighted by molar-refractivity contribution is -0.929. The van der Waals surface area contributed by atoms with Gasteiger partial charge in [0, 0.05) is 18.4 Å². The van der Waals surface area contributed by atoms with Crippen LogP contribution in [0.3, 0.4) is 0 Å². The fourth-order valence-electron chi connectivity index (χ4n) is 3.05. The zero-order valence-corrected chi connectivity index (χ0v) is 15.2. The number of quaternary nitrogens is 1. The van der Waals surface area contributed by atoms with Crippen molar-refractivity contribution in [1.29, 1.82) is 0 Å². The third-order valence-corrected chi connectivity index (χ3v) is 4.84. The van der Waals surface area contributed by atoms with Crippen molar-refractivity contribution >= 4 is 18.2 Å². The molecule has 7 nitrogen and oxygen atoms in total. The van der Waals surface area contributed by atoms with Gasteiger partial charge in [0.1, 0.15) is 5.75 Å². The lowest BCUT2D eigenvalue weighted by atomic mass is 9.97. The van der Waals surface area contributed by atoms with E-state index in [0.29, 0.717) is 17.4 Å². The Bertz CT molecular complexity index is 776. The molecule has 2 aromatic rings. The highest BCUT2D eigenvalue weighted by atomic mass is 32.1. The highest BCUT2D eigenvalue weighted by molar-refractivity contribution is 7.71. The van der Waals surface area contributed by atoms with Crippen LogP contribution in [0.25, 0.3) is 11.5 Å². The van der Waals surface area contributed by atoms with E-state index in [-0.39, 0.29) is 11.9 Å². The van der Waals surface area contributed by atoms with Gasteiger partial charge in [0.2, 0.25) is 5.89 Å². The highest BCUT2D eigenvalue weighted by Gasteiger charge is 2.28. The molecule has 2 heterocycles. The molecule has 25 heavy (non-hydrogen) atoms. The summed E-state index contributed by atoms with van der Waals surface area (Å²) in [7, 11) is 3.07. The Hall–Kier alpha value is -2.19. The number of hydrogen-bond donors (Lipinski definition) is 1. The lowest BCUT2D eigenvalue weighted by Gasteiger charge is -2.27. The van der Waals surface area contributed by atoms with Crippen molar-refractivity contribution in [2.24, 2.45) is 5.92 Å². The molecule has 1 aliphatic heterocycles. The van der Waals surface area contributed by atoms with E-state index in [1.165, 1.54) is 12.0 Å². The molecule has 0 unspecified atom stereocenters. The van der Waals surface area contributed by atoms with Crippen LogP contribution in [0.2, 0.25) is 0 Å². The molecular formula is C17H22N3O4S+. The summed E-state index contributed by atoms with van der Waals surface area (Å²) in [4.78, 5) is 13.3. The SMILES string of the molecule is COC(=O)C1CC[NH+](Cn2nc(-c3ccc(OC)cc3)oc2=S)CC1. The summed E-state index contributed by atoms with van der Waals surface area (Å²) in [5, 5.41) is 4.49. The quantitative estimate of drug-likeness (QED) is 0.637. The number of carbonyl (C=O) groups excluding carboxylic acids is 1. The average Bonchev–Trinajstić information content (AvgIpc) is 3.02. The molecule has 0 saturated carbocycles. The minimum Gasteiger partial charge on any atom is -0.497 e. The summed E-state index contributed by atoms with van der Waals surface area (Å²) in [5.74, 6) is 1.17. The second-order valence-electron chi connectivity index (χ2n) is 6.11. The molecule has 0 aliphatic carbocycles. The first-order valence-corrected chi connectivity index (χ1v) is 8.65. The largest absolute Gasteiger partial charge is 0.497 e. The summed E-state index contributed by atoms with van der Waals surface area (Å²) in [6.45, 7) is 2.39. The van der Waals surface area contributed by atoms with Gasteiger partial charge >= 0.3 is 5.97 Å². The van der Waals surface area contributed by atoms with E-state index < -0.39 is 0 Å². The van der Waals surface area contributed by atoms with Crippen LogP contribution in [0.15, 0.2) is 28.7 Å². The van der Waals surface area contributed by atoms with Crippen LogP contribution in [0.4, 0.5) is 0 Å². The van der Waals surface area contributed by atoms with Gasteiger partial charge in [-0.3, -0.25) is 4.79 Å². The predicted octanol–water partition coefficient (Wildman–Crippen LogP) is 1.31. The van der Waals surface area contributed by atoms with Crippen LogP contribution in [0.5, 0.6) is 5.75 Å². The average molecular weight is 364 g/mol. The summed E-state index contributed by atoms with van der Waals surface area (Å²) >= 11 is 5.30. The number of aromatic nitrogens is 2. The van der Waals surface area contributed by atoms with E-state index in [4.69, 9.17) is 26.1 Å². The predicted molar refractivity (Wildman–Crippen MR) is 92.8 cm³/mol. The van der Waals surface area contributed by atoms with E-state index in [0.717, 1.165) is 37.2 Å². The number of methoxy groups -OCH3 is 2.